The van der Waals surface area contributed by atoms with Crippen molar-refractivity contribution >= 4 is 0 Å². The normalized spacial score (nSPS) is 26.5. The van der Waals surface area contributed by atoms with Gasteiger partial charge in [-0.1, -0.05) is 31.4 Å². The van der Waals surface area contributed by atoms with E-state index in [1.165, 1.54) is 58.0 Å². The molecule has 2 rings (SSSR count). The second kappa shape index (κ2) is 5.86. The summed E-state index contributed by atoms with van der Waals surface area (Å²) in [6, 6.07) is 0.941. The van der Waals surface area contributed by atoms with Crippen LogP contribution in [0.4, 0.5) is 0 Å². The van der Waals surface area contributed by atoms with Gasteiger partial charge in [-0.05, 0) is 58.0 Å². The smallest absolute Gasteiger partial charge is 0.00952 e. The molecule has 1 aliphatic carbocycles. The van der Waals surface area contributed by atoms with Crippen LogP contribution in [0.1, 0.15) is 58.8 Å². The molecular weight excluding hydrogens is 194 g/mol. The van der Waals surface area contributed by atoms with E-state index in [0.717, 1.165) is 12.0 Å². The number of piperidine rings is 1. The Labute approximate surface area is 101 Å². The molecule has 0 spiro atoms. The molecular formula is C15H27N. The summed E-state index contributed by atoms with van der Waals surface area (Å²) >= 11 is 0. The molecule has 0 N–H and O–H groups in total. The fourth-order valence-corrected chi connectivity index (χ4v) is 3.63. The van der Waals surface area contributed by atoms with Crippen molar-refractivity contribution in [1.82, 2.24) is 4.90 Å². The lowest BCUT2D eigenvalue weighted by molar-refractivity contribution is 0.143. The fourth-order valence-electron chi connectivity index (χ4n) is 3.63. The minimum atomic E-state index is 0.896. The van der Waals surface area contributed by atoms with Crippen molar-refractivity contribution in [2.75, 3.05) is 13.1 Å². The van der Waals surface area contributed by atoms with E-state index in [2.05, 4.69) is 24.8 Å². The van der Waals surface area contributed by atoms with Gasteiger partial charge in [0, 0.05) is 6.04 Å². The van der Waals surface area contributed by atoms with E-state index in [4.69, 9.17) is 0 Å². The van der Waals surface area contributed by atoms with Crippen molar-refractivity contribution in [3.8, 4) is 0 Å². The number of likely N-dealkylation sites (tertiary alicyclic amines) is 1. The molecule has 0 unspecified atom stereocenters. The van der Waals surface area contributed by atoms with Gasteiger partial charge in [0.1, 0.15) is 0 Å². The molecule has 92 valence electrons. The van der Waals surface area contributed by atoms with Crippen molar-refractivity contribution in [3.05, 3.63) is 11.6 Å². The maximum Gasteiger partial charge on any atom is 0.00952 e. The molecule has 0 radical (unpaired) electrons. The van der Waals surface area contributed by atoms with Gasteiger partial charge in [-0.2, -0.15) is 0 Å². The molecule has 1 heteroatoms. The summed E-state index contributed by atoms with van der Waals surface area (Å²) in [5, 5.41) is 0. The maximum atomic E-state index is 2.77. The molecule has 1 saturated heterocycles. The van der Waals surface area contributed by atoms with Gasteiger partial charge in [0.2, 0.25) is 0 Å². The third kappa shape index (κ3) is 2.68. The van der Waals surface area contributed by atoms with Crippen LogP contribution in [0, 0.1) is 5.92 Å². The van der Waals surface area contributed by atoms with E-state index in [9.17, 15) is 0 Å². The molecule has 0 atom stereocenters. The van der Waals surface area contributed by atoms with Gasteiger partial charge in [0.15, 0.2) is 0 Å². The molecule has 1 nitrogen and oxygen atoms in total. The Balaban J connectivity index is 1.82. The van der Waals surface area contributed by atoms with Crippen molar-refractivity contribution < 1.29 is 0 Å². The standard InChI is InChI=1S/C15H27N/c1-3-13(4-2)14-9-11-16(12-10-14)15-7-5-6-8-15/h3,14-15H,4-12H2,1-2H3. The second-order valence-corrected chi connectivity index (χ2v) is 5.47. The van der Waals surface area contributed by atoms with E-state index >= 15 is 0 Å². The maximum absolute atomic E-state index is 2.77. The molecule has 1 heterocycles. The summed E-state index contributed by atoms with van der Waals surface area (Å²) in [5.74, 6) is 0.896. The second-order valence-electron chi connectivity index (χ2n) is 5.47. The van der Waals surface area contributed by atoms with Crippen molar-refractivity contribution in [2.45, 2.75) is 64.8 Å². The zero-order valence-corrected chi connectivity index (χ0v) is 11.0. The predicted molar refractivity (Wildman–Crippen MR) is 70.6 cm³/mol. The number of hydrogen-bond acceptors (Lipinski definition) is 1. The summed E-state index contributed by atoms with van der Waals surface area (Å²) < 4.78 is 0. The highest BCUT2D eigenvalue weighted by Crippen LogP contribution is 2.31. The van der Waals surface area contributed by atoms with Crippen molar-refractivity contribution in [1.29, 1.82) is 0 Å². The molecule has 1 aliphatic heterocycles. The Morgan fingerprint density at radius 3 is 2.25 bits per heavy atom. The lowest BCUT2D eigenvalue weighted by Crippen LogP contribution is -2.40. The Bertz CT molecular complexity index is 230. The lowest BCUT2D eigenvalue weighted by Gasteiger charge is -2.36. The number of allylic oxidation sites excluding steroid dienone is 2. The highest BCUT2D eigenvalue weighted by atomic mass is 15.2. The van der Waals surface area contributed by atoms with Crippen LogP contribution in [-0.2, 0) is 0 Å². The Morgan fingerprint density at radius 2 is 1.75 bits per heavy atom. The first-order valence-corrected chi connectivity index (χ1v) is 7.24. The first kappa shape index (κ1) is 12.2. The van der Waals surface area contributed by atoms with Crippen LogP contribution in [0.25, 0.3) is 0 Å². The van der Waals surface area contributed by atoms with E-state index in [-0.39, 0.29) is 0 Å². The number of nitrogens with zero attached hydrogens (tertiary/aromatic N) is 1. The van der Waals surface area contributed by atoms with Crippen LogP contribution < -0.4 is 0 Å². The molecule has 0 aromatic heterocycles. The lowest BCUT2D eigenvalue weighted by atomic mass is 9.87. The van der Waals surface area contributed by atoms with Crippen LogP contribution >= 0.6 is 0 Å². The van der Waals surface area contributed by atoms with Crippen LogP contribution in [0.15, 0.2) is 11.6 Å². The highest BCUT2D eigenvalue weighted by molar-refractivity contribution is 5.06. The molecule has 0 bridgehead atoms. The fraction of sp³-hybridized carbons (Fsp3) is 0.867. The summed E-state index contributed by atoms with van der Waals surface area (Å²) in [4.78, 5) is 2.77. The minimum Gasteiger partial charge on any atom is -0.300 e. The third-order valence-corrected chi connectivity index (χ3v) is 4.67. The van der Waals surface area contributed by atoms with Gasteiger partial charge in [0.25, 0.3) is 0 Å². The molecule has 0 aromatic carbocycles. The number of rotatable bonds is 3. The molecule has 0 aromatic rings. The Kier molecular flexibility index (Phi) is 4.45. The monoisotopic (exact) mass is 221 g/mol. The van der Waals surface area contributed by atoms with Gasteiger partial charge >= 0.3 is 0 Å². The van der Waals surface area contributed by atoms with Crippen molar-refractivity contribution in [2.24, 2.45) is 5.92 Å². The van der Waals surface area contributed by atoms with Crippen LogP contribution in [0.5, 0.6) is 0 Å². The Hall–Kier alpha value is -0.300. The van der Waals surface area contributed by atoms with Gasteiger partial charge in [-0.15, -0.1) is 0 Å². The van der Waals surface area contributed by atoms with Crippen molar-refractivity contribution in [3.63, 3.8) is 0 Å². The summed E-state index contributed by atoms with van der Waals surface area (Å²) in [5.41, 5.74) is 1.70. The molecule has 0 amide bonds. The topological polar surface area (TPSA) is 3.24 Å². The Morgan fingerprint density at radius 1 is 1.12 bits per heavy atom. The summed E-state index contributed by atoms with van der Waals surface area (Å²) in [7, 11) is 0. The highest BCUT2D eigenvalue weighted by Gasteiger charge is 2.27. The first-order chi connectivity index (χ1) is 7.85. The average molecular weight is 221 g/mol. The van der Waals surface area contributed by atoms with E-state index < -0.39 is 0 Å². The largest absolute Gasteiger partial charge is 0.300 e. The molecule has 16 heavy (non-hydrogen) atoms. The zero-order valence-electron chi connectivity index (χ0n) is 11.0. The quantitative estimate of drug-likeness (QED) is 0.651. The molecule has 2 aliphatic rings. The van der Waals surface area contributed by atoms with E-state index in [1.807, 2.05) is 0 Å². The van der Waals surface area contributed by atoms with E-state index in [0.29, 0.717) is 0 Å². The van der Waals surface area contributed by atoms with Gasteiger partial charge < -0.3 is 4.90 Å². The first-order valence-electron chi connectivity index (χ1n) is 7.24. The molecule has 2 fully saturated rings. The van der Waals surface area contributed by atoms with Gasteiger partial charge in [-0.3, -0.25) is 0 Å². The molecule has 1 saturated carbocycles. The number of hydrogen-bond donors (Lipinski definition) is 0. The van der Waals surface area contributed by atoms with Crippen LogP contribution in [0.2, 0.25) is 0 Å². The van der Waals surface area contributed by atoms with Gasteiger partial charge in [0.05, 0.1) is 0 Å². The zero-order chi connectivity index (χ0) is 11.4. The summed E-state index contributed by atoms with van der Waals surface area (Å²) in [6.07, 6.45) is 12.3. The van der Waals surface area contributed by atoms with Crippen LogP contribution in [0.3, 0.4) is 0 Å². The SMILES string of the molecule is CC=C(CC)C1CCN(C2CCCC2)CC1. The minimum absolute atomic E-state index is 0.896. The van der Waals surface area contributed by atoms with E-state index in [1.54, 1.807) is 5.57 Å². The van der Waals surface area contributed by atoms with Gasteiger partial charge in [-0.25, -0.2) is 0 Å². The summed E-state index contributed by atoms with van der Waals surface area (Å²) in [6.45, 7) is 7.22. The average Bonchev–Trinajstić information content (AvgIpc) is 2.85. The predicted octanol–water partition coefficient (Wildman–Crippen LogP) is 4.00. The van der Waals surface area contributed by atoms with Crippen LogP contribution in [-0.4, -0.2) is 24.0 Å². The third-order valence-electron chi connectivity index (χ3n) is 4.67.